The summed E-state index contributed by atoms with van der Waals surface area (Å²) in [5.41, 5.74) is 15.9. The van der Waals surface area contributed by atoms with Gasteiger partial charge in [0, 0.05) is 84.4 Å². The van der Waals surface area contributed by atoms with Crippen molar-refractivity contribution in [3.05, 3.63) is 147 Å². The Morgan fingerprint density at radius 1 is 0.429 bits per heavy atom. The third-order valence-electron chi connectivity index (χ3n) is 37.4. The molecule has 23 atom stereocenters. The number of aliphatic hydroxyl groups excluding tert-OH is 3. The van der Waals surface area contributed by atoms with E-state index in [0.717, 1.165) is 197 Å². The Kier molecular flexibility index (Phi) is 48.2. The number of ketones is 1. The Balaban J connectivity index is 0.000000175. The van der Waals surface area contributed by atoms with E-state index in [9.17, 15) is 24.9 Å². The normalized spacial score (nSPS) is 33.1. The standard InChI is InChI=1S/C25H38O3.C24H35BrO3.C21H28O3.C21H30O3.C18H22O2.C3H6Br2.C2H4OS.2Al.3ClH.K.Li.4H/c1-3-4-15-27-19-7-9-20-18(17-19)6-8-22-21(20)12-13-25(2)23(22)10-11-24(25)28-16-5-14-26;1-24-11-10-20-19-7-5-18(27-14-2-12-25)16-17(19)4-6-21(20)22(24)8-9-23(24)28-15-3-13-26;1-20-9-7-17-16-6-4-15(22)13-14(16)3-5-18(17)19(20)8-10-21(20)23-11-2-12-24-21;1-21-10-9-17-16-6-4-15(23)13-14(16)3-5-18(17)19(21)7-8-20(21)24-12-2-11-22;1-18-9-8-14-13-5-3-12(19)10-11(13)2-4-15(14)16(18)6-7-17(18)20;4-2-1-3-5;1-2(3)4;;;;;;;;;;;/h7,9,17,21-24,26H,3-6,8,10-16H2,1-2H3;5,7,16,20-23,26H,2-4,6,8-15H2,1H3;4,6,13,17-19,22H,2-3,5,7-12H2,1H3;4,6,13,17-20,22-23H,2-3,5,7-12H2,1H3;3,5,10,14-16,19H,2,4,6-9H2,1H3;1-3H2;1H3,(H,3,4);;;3*1H;;;;;;/q;;;;;;;;+3;;;;2*+1;;;;-1/p-4/t21-,22-,23+,24+,25+;20-,21-,22+,23+,24+;17-,18-,19+,20+;17-,18-,19+,20+,21+;14-,15-,16+,18+;;;;;;;;;;;;;/m11111............./s1. The SMILES string of the molecule is BrCCCBr.CC(=O)[S-].CCCCOc1ccc2c(c1)CC[C@@H]1[C@@H]2CC[C@]2(C)[C@@H](OCCCO)CC[C@@H]12.C[C@]12CC[C@@H]3c4ccc(O)cc4CC[C@H]3[C@@H]1CCC21OCCCO1.C[C@]12CC[C@@H]3c4ccc(O)cc4CC[C@H]3[C@@H]1CCC2=O.C[C@]12CC[C@@H]3c4ccc(O)cc4CC[C@H]3[C@@H]1CC[C@@H]2OCCCO.C[C@]12CC[C@@H]3c4ccc(OCCCBr)cc4CC[C@H]3[C@@H]1CC[C@@H]2OCCCO.[AlH3].[Cl][Al]([Cl])[Cl].[H-].[K+].[Li+]. The van der Waals surface area contributed by atoms with Gasteiger partial charge in [0.05, 0.1) is 44.7 Å². The molecule has 1 aliphatic heterocycles. The number of aromatic hydroxyl groups is 3. The number of aliphatic hydroxyl groups is 3. The van der Waals surface area contributed by atoms with Crippen LogP contribution in [0.5, 0.6) is 28.7 Å². The first-order chi connectivity index (χ1) is 66.1. The van der Waals surface area contributed by atoms with Crippen LogP contribution in [-0.2, 0) is 78.0 Å². The molecule has 21 rings (SSSR count). The molecule has 6 N–H and O–H groups in total. The van der Waals surface area contributed by atoms with Gasteiger partial charge in [0.15, 0.2) is 23.1 Å². The number of alkyl halides is 3. The van der Waals surface area contributed by atoms with Crippen LogP contribution in [-0.4, -0.2) is 176 Å². The van der Waals surface area contributed by atoms with E-state index in [1.807, 2.05) is 36.4 Å². The van der Waals surface area contributed by atoms with E-state index in [4.69, 9.17) is 78.6 Å². The number of fused-ring (bicyclic) bond motifs is 26. The molecule has 26 heteroatoms. The second-order valence-corrected chi connectivity index (χ2v) is 53.8. The first-order valence-electron chi connectivity index (χ1n) is 53.3. The van der Waals surface area contributed by atoms with Gasteiger partial charge in [-0.15, -0.1) is 0 Å². The van der Waals surface area contributed by atoms with Gasteiger partial charge >= 0.3 is 81.6 Å². The summed E-state index contributed by atoms with van der Waals surface area (Å²) >= 11 is 12.3. The minimum atomic E-state index is -1.72. The largest absolute Gasteiger partial charge is 1.00 e. The van der Waals surface area contributed by atoms with Crippen molar-refractivity contribution in [1.82, 2.24) is 0 Å². The van der Waals surface area contributed by atoms with Gasteiger partial charge in [-0.05, 0) is 453 Å². The van der Waals surface area contributed by atoms with Crippen molar-refractivity contribution < 1.29 is 145 Å². The molecule has 1 heterocycles. The molecule has 11 fully saturated rings. The number of phenols is 3. The summed E-state index contributed by atoms with van der Waals surface area (Å²) in [6.45, 7) is 21.8. The maximum absolute atomic E-state index is 12.3. The van der Waals surface area contributed by atoms with Crippen LogP contribution in [0.15, 0.2) is 91.0 Å². The van der Waals surface area contributed by atoms with Crippen molar-refractivity contribution in [3.63, 3.8) is 0 Å². The van der Waals surface area contributed by atoms with Crippen molar-refractivity contribution in [3.8, 4) is 28.7 Å². The summed E-state index contributed by atoms with van der Waals surface area (Å²) < 4.78 is 43.2. The van der Waals surface area contributed by atoms with Crippen LogP contribution < -0.4 is 79.7 Å². The smallest absolute Gasteiger partial charge is 1.00 e. The third kappa shape index (κ3) is 27.6. The molecule has 0 bridgehead atoms. The number of Topliss-reactive ketones (excluding diaryl/α,β-unsaturated/α-hetero) is 1. The number of unbranched alkanes of at least 4 members (excludes halogenated alkanes) is 1. The van der Waals surface area contributed by atoms with Crippen LogP contribution >= 0.6 is 77.9 Å². The first-order valence-corrected chi connectivity index (χ1v) is 62.3. The summed E-state index contributed by atoms with van der Waals surface area (Å²) in [5.74, 6) is 14.3. The van der Waals surface area contributed by atoms with E-state index >= 15 is 0 Å². The topological polar surface area (TPSA) is 220 Å². The van der Waals surface area contributed by atoms with Gasteiger partial charge in [0.2, 0.25) is 0 Å². The number of carbonyl (C=O) groups is 2. The van der Waals surface area contributed by atoms with Crippen molar-refractivity contribution >= 4 is 130 Å². The minimum Gasteiger partial charge on any atom is -1.00 e. The van der Waals surface area contributed by atoms with Crippen LogP contribution in [0.1, 0.15) is 347 Å². The fourth-order valence-corrected chi connectivity index (χ4v) is 32.5. The van der Waals surface area contributed by atoms with E-state index in [2.05, 4.69) is 157 Å². The van der Waals surface area contributed by atoms with E-state index in [1.54, 1.807) is 11.1 Å². The van der Waals surface area contributed by atoms with Gasteiger partial charge in [-0.1, -0.05) is 126 Å². The van der Waals surface area contributed by atoms with Crippen LogP contribution in [0.4, 0.5) is 0 Å². The minimum absolute atomic E-state index is 0. The molecule has 0 unspecified atom stereocenters. The number of carbonyl (C=O) groups excluding carboxylic acids is 2. The quantitative estimate of drug-likeness (QED) is 0.0164. The number of hydrogen-bond acceptors (Lipinski definition) is 16. The molecule has 1 spiro atoms. The molecule has 0 radical (unpaired) electrons. The van der Waals surface area contributed by atoms with E-state index in [0.29, 0.717) is 113 Å². The van der Waals surface area contributed by atoms with E-state index in [-0.39, 0.29) is 131 Å². The molecule has 10 saturated carbocycles. The zero-order valence-electron chi connectivity index (χ0n) is 86.2. The second-order valence-electron chi connectivity index (χ2n) is 44.4. The summed E-state index contributed by atoms with van der Waals surface area (Å²) in [6.07, 6.45) is 44.9. The molecule has 15 nitrogen and oxygen atoms in total. The number of rotatable bonds is 22. The number of ether oxygens (including phenoxy) is 7. The maximum Gasteiger partial charge on any atom is 1.00 e. The van der Waals surface area contributed by atoms with Gasteiger partial charge in [-0.25, -0.2) is 30.1 Å². The molecule has 0 aromatic heterocycles. The zero-order chi connectivity index (χ0) is 97.4. The predicted molar refractivity (Wildman–Crippen MR) is 578 cm³/mol. The molecule has 0 amide bonds. The number of phenolic OH excluding ortho intramolecular Hbond substituents is 3. The zero-order valence-corrected chi connectivity index (χ0v) is 97.3. The predicted octanol–water partition coefficient (Wildman–Crippen LogP) is 20.0. The molecule has 16 aliphatic rings. The van der Waals surface area contributed by atoms with Gasteiger partial charge in [0.1, 0.15) is 34.5 Å². The van der Waals surface area contributed by atoms with Gasteiger partial charge < -0.3 is 82.6 Å². The van der Waals surface area contributed by atoms with Crippen LogP contribution in [0.3, 0.4) is 0 Å². The molecule has 5 aromatic rings. The van der Waals surface area contributed by atoms with Gasteiger partial charge in [-0.2, -0.15) is 0 Å². The molecular formula is C114H166Al2Br3Cl3KLiO15S. The van der Waals surface area contributed by atoms with Gasteiger partial charge in [-0.3, -0.25) is 4.79 Å². The van der Waals surface area contributed by atoms with E-state index in [1.165, 1.54) is 206 Å². The van der Waals surface area contributed by atoms with E-state index < -0.39 is 11.4 Å². The Hall–Kier alpha value is -0.0513. The fourth-order valence-electron chi connectivity index (χ4n) is 31.0. The molecule has 5 aromatic carbocycles. The van der Waals surface area contributed by atoms with Crippen molar-refractivity contribution in [2.75, 3.05) is 82.1 Å². The number of hydrogen-bond donors (Lipinski definition) is 6. The number of aryl methyl sites for hydroxylation is 5. The maximum atomic E-state index is 12.3. The van der Waals surface area contributed by atoms with Crippen molar-refractivity contribution in [2.45, 2.75) is 346 Å². The third-order valence-corrected chi connectivity index (χ3v) is 39.1. The number of benzene rings is 5. The van der Waals surface area contributed by atoms with Gasteiger partial charge in [0.25, 0.3) is 0 Å². The monoisotopic (exact) mass is 2250 g/mol. The Labute approximate surface area is 954 Å². The average Bonchev–Trinajstić information content (AvgIpc) is 1.55. The molecule has 15 aliphatic carbocycles. The Morgan fingerprint density at radius 3 is 1.11 bits per heavy atom. The van der Waals surface area contributed by atoms with Crippen LogP contribution in [0, 0.1) is 86.3 Å². The Morgan fingerprint density at radius 2 is 0.757 bits per heavy atom. The molecule has 768 valence electrons. The van der Waals surface area contributed by atoms with Crippen molar-refractivity contribution in [2.24, 2.45) is 86.3 Å². The summed E-state index contributed by atoms with van der Waals surface area (Å²) in [6, 6.07) is 31.7. The van der Waals surface area contributed by atoms with Crippen LogP contribution in [0.25, 0.3) is 0 Å². The summed E-state index contributed by atoms with van der Waals surface area (Å²) in [4.78, 5) is 21.5. The summed E-state index contributed by atoms with van der Waals surface area (Å²) in [7, 11) is 14.8. The molecule has 1 saturated heterocycles. The van der Waals surface area contributed by atoms with Crippen LogP contribution in [0.2, 0.25) is 0 Å². The fraction of sp³-hybridized carbons (Fsp3) is 0.719. The molecule has 140 heavy (non-hydrogen) atoms. The average molecular weight is 2250 g/mol. The summed E-state index contributed by atoms with van der Waals surface area (Å²) in [5, 5.41) is 59.4. The molecular weight excluding hydrogens is 2090 g/mol. The van der Waals surface area contributed by atoms with Crippen molar-refractivity contribution in [1.29, 1.82) is 0 Å². The Bertz CT molecular complexity index is 4610. The second kappa shape index (κ2) is 56.2. The number of halogens is 6. The first kappa shape index (κ1) is 120.